The van der Waals surface area contributed by atoms with Crippen molar-refractivity contribution in [1.29, 1.82) is 0 Å². The first kappa shape index (κ1) is 12.5. The van der Waals surface area contributed by atoms with Crippen LogP contribution in [0.3, 0.4) is 0 Å². The van der Waals surface area contributed by atoms with Gasteiger partial charge in [-0.2, -0.15) is 0 Å². The molecule has 1 saturated heterocycles. The fourth-order valence-electron chi connectivity index (χ4n) is 1.57. The summed E-state index contributed by atoms with van der Waals surface area (Å²) in [6, 6.07) is 0. The van der Waals surface area contributed by atoms with E-state index in [1.807, 2.05) is 11.6 Å². The van der Waals surface area contributed by atoms with E-state index in [2.05, 4.69) is 30.7 Å². The third-order valence-electron chi connectivity index (χ3n) is 2.47. The molecule has 15 heavy (non-hydrogen) atoms. The quantitative estimate of drug-likeness (QED) is 0.724. The molecule has 2 heterocycles. The molecule has 1 aliphatic heterocycles. The minimum Gasteiger partial charge on any atom is -0.348 e. The molecule has 0 aromatic carbocycles. The summed E-state index contributed by atoms with van der Waals surface area (Å²) in [4.78, 5) is 6.70. The lowest BCUT2D eigenvalue weighted by atomic mass is 10.00. The number of piperidine rings is 1. The van der Waals surface area contributed by atoms with Crippen molar-refractivity contribution in [2.24, 2.45) is 5.92 Å². The summed E-state index contributed by atoms with van der Waals surface area (Å²) in [6.45, 7) is 8.96. The maximum Gasteiger partial charge on any atom is 0.185 e. The Hall–Kier alpha value is -0.570. The predicted octanol–water partition coefficient (Wildman–Crippen LogP) is 3.80. The number of nitrogens with zero attached hydrogens (tertiary/aromatic N) is 2. The zero-order valence-corrected chi connectivity index (χ0v) is 10.9. The molecule has 0 atom stereocenters. The van der Waals surface area contributed by atoms with Crippen molar-refractivity contribution in [1.82, 2.24) is 4.98 Å². The summed E-state index contributed by atoms with van der Waals surface area (Å²) in [5.41, 5.74) is 0. The van der Waals surface area contributed by atoms with Crippen LogP contribution in [0.1, 0.15) is 40.0 Å². The summed E-state index contributed by atoms with van der Waals surface area (Å²) >= 11 is 1.75. The van der Waals surface area contributed by atoms with E-state index in [0.717, 1.165) is 5.92 Å². The molecular weight excluding hydrogens is 204 g/mol. The fraction of sp³-hybridized carbons (Fsp3) is 0.750. The lowest BCUT2D eigenvalue weighted by Crippen LogP contribution is -2.32. The molecule has 0 unspecified atom stereocenters. The van der Waals surface area contributed by atoms with E-state index in [9.17, 15) is 0 Å². The Morgan fingerprint density at radius 1 is 1.40 bits per heavy atom. The molecule has 2 nitrogen and oxygen atoms in total. The Bertz CT molecular complexity index is 238. The summed E-state index contributed by atoms with van der Waals surface area (Å²) < 4.78 is 0. The molecular formula is C12H22N2S. The lowest BCUT2D eigenvalue weighted by molar-refractivity contribution is 0.438. The average Bonchev–Trinajstić information content (AvgIpc) is 2.73. The number of anilines is 1. The molecule has 2 rings (SSSR count). The fourth-order valence-corrected chi connectivity index (χ4v) is 2.27. The summed E-state index contributed by atoms with van der Waals surface area (Å²) in [5, 5.41) is 3.25. The topological polar surface area (TPSA) is 16.1 Å². The van der Waals surface area contributed by atoms with Gasteiger partial charge >= 0.3 is 0 Å². The number of thiazole rings is 1. The number of rotatable bonds is 1. The van der Waals surface area contributed by atoms with E-state index in [0.29, 0.717) is 0 Å². The minimum atomic E-state index is 0.904. The Morgan fingerprint density at radius 3 is 2.47 bits per heavy atom. The molecule has 1 aromatic rings. The second-order valence-corrected chi connectivity index (χ2v) is 5.06. The van der Waals surface area contributed by atoms with Crippen molar-refractivity contribution in [3.8, 4) is 0 Å². The van der Waals surface area contributed by atoms with Crippen LogP contribution in [0.4, 0.5) is 5.13 Å². The molecule has 0 amide bonds. The Kier molecular flexibility index (Phi) is 5.69. The first-order chi connectivity index (χ1) is 7.27. The Balaban J connectivity index is 0.000000337. The van der Waals surface area contributed by atoms with Gasteiger partial charge in [-0.15, -0.1) is 11.3 Å². The minimum absolute atomic E-state index is 0.904. The second kappa shape index (κ2) is 6.83. The van der Waals surface area contributed by atoms with Crippen LogP contribution in [0.25, 0.3) is 0 Å². The van der Waals surface area contributed by atoms with Crippen molar-refractivity contribution in [2.45, 2.75) is 40.0 Å². The van der Waals surface area contributed by atoms with Gasteiger partial charge in [0, 0.05) is 24.7 Å². The smallest absolute Gasteiger partial charge is 0.185 e. The van der Waals surface area contributed by atoms with Crippen molar-refractivity contribution >= 4 is 16.5 Å². The molecule has 0 N–H and O–H groups in total. The van der Waals surface area contributed by atoms with Crippen molar-refractivity contribution < 1.29 is 0 Å². The maximum absolute atomic E-state index is 4.31. The SMILES string of the molecule is CC1CCN(c2nccs2)CC1.CCC. The van der Waals surface area contributed by atoms with E-state index >= 15 is 0 Å². The standard InChI is InChI=1S/C9H14N2S.C3H8/c1-8-2-5-11(6-3-8)9-10-4-7-12-9;1-3-2/h4,7-8H,2-3,5-6H2,1H3;3H2,1-2H3. The molecule has 1 aliphatic rings. The van der Waals surface area contributed by atoms with Gasteiger partial charge in [0.05, 0.1) is 0 Å². The monoisotopic (exact) mass is 226 g/mol. The predicted molar refractivity (Wildman–Crippen MR) is 68.7 cm³/mol. The molecule has 1 aromatic heterocycles. The van der Waals surface area contributed by atoms with E-state index in [-0.39, 0.29) is 0 Å². The van der Waals surface area contributed by atoms with Crippen LogP contribution in [0.15, 0.2) is 11.6 Å². The first-order valence-corrected chi connectivity index (χ1v) is 6.80. The lowest BCUT2D eigenvalue weighted by Gasteiger charge is -2.29. The van der Waals surface area contributed by atoms with Crippen LogP contribution in [0, 0.1) is 5.92 Å². The van der Waals surface area contributed by atoms with E-state index in [1.54, 1.807) is 11.3 Å². The van der Waals surface area contributed by atoms with Gasteiger partial charge in [-0.05, 0) is 18.8 Å². The zero-order valence-electron chi connectivity index (χ0n) is 10.1. The van der Waals surface area contributed by atoms with Gasteiger partial charge in [-0.25, -0.2) is 4.98 Å². The van der Waals surface area contributed by atoms with Crippen molar-refractivity contribution in [2.75, 3.05) is 18.0 Å². The normalized spacial score (nSPS) is 17.1. The second-order valence-electron chi connectivity index (χ2n) is 4.19. The van der Waals surface area contributed by atoms with E-state index in [4.69, 9.17) is 0 Å². The third kappa shape index (κ3) is 4.20. The molecule has 0 spiro atoms. The van der Waals surface area contributed by atoms with Gasteiger partial charge in [0.2, 0.25) is 0 Å². The van der Waals surface area contributed by atoms with E-state index in [1.165, 1.54) is 37.5 Å². The largest absolute Gasteiger partial charge is 0.348 e. The zero-order chi connectivity index (χ0) is 11.1. The van der Waals surface area contributed by atoms with Crippen LogP contribution < -0.4 is 4.90 Å². The molecule has 3 heteroatoms. The van der Waals surface area contributed by atoms with Gasteiger partial charge in [0.25, 0.3) is 0 Å². The van der Waals surface area contributed by atoms with Gasteiger partial charge < -0.3 is 4.90 Å². The molecule has 86 valence electrons. The van der Waals surface area contributed by atoms with Gasteiger partial charge in [0.1, 0.15) is 0 Å². The van der Waals surface area contributed by atoms with Crippen molar-refractivity contribution in [3.63, 3.8) is 0 Å². The number of hydrogen-bond donors (Lipinski definition) is 0. The Labute approximate surface area is 97.3 Å². The van der Waals surface area contributed by atoms with Gasteiger partial charge in [-0.1, -0.05) is 27.2 Å². The number of hydrogen-bond acceptors (Lipinski definition) is 3. The van der Waals surface area contributed by atoms with Crippen LogP contribution in [0.2, 0.25) is 0 Å². The van der Waals surface area contributed by atoms with Gasteiger partial charge in [0.15, 0.2) is 5.13 Å². The van der Waals surface area contributed by atoms with Crippen LogP contribution in [0.5, 0.6) is 0 Å². The molecule has 0 aliphatic carbocycles. The first-order valence-electron chi connectivity index (χ1n) is 5.92. The molecule has 0 saturated carbocycles. The number of aromatic nitrogens is 1. The van der Waals surface area contributed by atoms with Crippen LogP contribution in [-0.2, 0) is 0 Å². The summed E-state index contributed by atoms with van der Waals surface area (Å²) in [6.07, 6.45) is 5.77. The highest BCUT2D eigenvalue weighted by Gasteiger charge is 2.16. The maximum atomic E-state index is 4.31. The van der Waals surface area contributed by atoms with Gasteiger partial charge in [-0.3, -0.25) is 0 Å². The highest BCUT2D eigenvalue weighted by Crippen LogP contribution is 2.23. The highest BCUT2D eigenvalue weighted by molar-refractivity contribution is 7.13. The van der Waals surface area contributed by atoms with Crippen molar-refractivity contribution in [3.05, 3.63) is 11.6 Å². The summed E-state index contributed by atoms with van der Waals surface area (Å²) in [7, 11) is 0. The molecule has 1 fully saturated rings. The van der Waals surface area contributed by atoms with Crippen LogP contribution >= 0.6 is 11.3 Å². The third-order valence-corrected chi connectivity index (χ3v) is 3.31. The summed E-state index contributed by atoms with van der Waals surface area (Å²) in [5.74, 6) is 0.904. The van der Waals surface area contributed by atoms with E-state index < -0.39 is 0 Å². The molecule has 0 bridgehead atoms. The molecule has 0 radical (unpaired) electrons. The highest BCUT2D eigenvalue weighted by atomic mass is 32.1. The average molecular weight is 226 g/mol. The Morgan fingerprint density at radius 2 is 2.00 bits per heavy atom. The van der Waals surface area contributed by atoms with Crippen LogP contribution in [-0.4, -0.2) is 18.1 Å².